The molecule has 0 fully saturated rings. The first-order valence-corrected chi connectivity index (χ1v) is 10.00. The van der Waals surface area contributed by atoms with Crippen LogP contribution in [0.25, 0.3) is 22.0 Å². The highest BCUT2D eigenvalue weighted by Crippen LogP contribution is 2.24. The number of Topliss-reactive ketones (excluding diaryl/α,β-unsaturated/α-hetero) is 1. The third-order valence-corrected chi connectivity index (χ3v) is 4.98. The van der Waals surface area contributed by atoms with Crippen LogP contribution in [0, 0.1) is 0 Å². The van der Waals surface area contributed by atoms with Crippen LogP contribution in [-0.4, -0.2) is 33.4 Å². The van der Waals surface area contributed by atoms with Gasteiger partial charge < -0.3 is 9.84 Å². The third-order valence-electron chi connectivity index (χ3n) is 4.98. The molecule has 1 atom stereocenters. The van der Waals surface area contributed by atoms with Gasteiger partial charge in [-0.05, 0) is 25.1 Å². The number of ketones is 1. The topological polar surface area (TPSA) is 81.4 Å². The minimum Gasteiger partial charge on any atom is -0.491 e. The summed E-state index contributed by atoms with van der Waals surface area (Å²) in [6.07, 6.45) is -0.962. The van der Waals surface area contributed by atoms with E-state index in [2.05, 4.69) is 5.10 Å². The first-order valence-electron chi connectivity index (χ1n) is 10.00. The molecule has 6 nitrogen and oxygen atoms in total. The molecular weight excluding hydrogens is 392 g/mol. The first kappa shape index (κ1) is 20.5. The molecule has 1 aromatic heterocycles. The van der Waals surface area contributed by atoms with Crippen LogP contribution in [0.3, 0.4) is 0 Å². The van der Waals surface area contributed by atoms with E-state index in [-0.39, 0.29) is 24.5 Å². The Kier molecular flexibility index (Phi) is 5.91. The van der Waals surface area contributed by atoms with Gasteiger partial charge in [-0.1, -0.05) is 60.7 Å². The zero-order chi connectivity index (χ0) is 21.8. The summed E-state index contributed by atoms with van der Waals surface area (Å²) in [4.78, 5) is 24.5. The predicted molar refractivity (Wildman–Crippen MR) is 119 cm³/mol. The molecule has 0 saturated heterocycles. The number of aliphatic hydroxyl groups is 1. The Labute approximate surface area is 179 Å². The average molecular weight is 414 g/mol. The van der Waals surface area contributed by atoms with Crippen molar-refractivity contribution in [3.63, 3.8) is 0 Å². The average Bonchev–Trinajstić information content (AvgIpc) is 2.80. The number of benzene rings is 3. The molecule has 0 amide bonds. The van der Waals surface area contributed by atoms with Crippen molar-refractivity contribution in [2.24, 2.45) is 0 Å². The fourth-order valence-corrected chi connectivity index (χ4v) is 3.42. The first-order chi connectivity index (χ1) is 15.0. The van der Waals surface area contributed by atoms with Gasteiger partial charge >= 0.3 is 0 Å². The van der Waals surface area contributed by atoms with Gasteiger partial charge in [0.1, 0.15) is 18.5 Å². The largest absolute Gasteiger partial charge is 0.491 e. The van der Waals surface area contributed by atoms with Gasteiger partial charge in [-0.3, -0.25) is 9.59 Å². The van der Waals surface area contributed by atoms with Crippen molar-refractivity contribution < 1.29 is 14.6 Å². The summed E-state index contributed by atoms with van der Waals surface area (Å²) in [5.74, 6) is 0.418. The molecule has 0 spiro atoms. The van der Waals surface area contributed by atoms with Crippen LogP contribution in [0.4, 0.5) is 0 Å². The molecule has 0 bridgehead atoms. The summed E-state index contributed by atoms with van der Waals surface area (Å²) in [5.41, 5.74) is 1.83. The normalized spacial score (nSPS) is 11.9. The zero-order valence-electron chi connectivity index (χ0n) is 17.1. The molecule has 31 heavy (non-hydrogen) atoms. The molecule has 3 aromatic carbocycles. The van der Waals surface area contributed by atoms with Crippen LogP contribution >= 0.6 is 0 Å². The molecule has 0 radical (unpaired) electrons. The number of hydrogen-bond acceptors (Lipinski definition) is 5. The number of aliphatic hydroxyl groups excluding tert-OH is 1. The number of hydrogen-bond donors (Lipinski definition) is 1. The van der Waals surface area contributed by atoms with Crippen LogP contribution in [0.5, 0.6) is 5.75 Å². The van der Waals surface area contributed by atoms with Crippen molar-refractivity contribution in [1.82, 2.24) is 9.78 Å². The van der Waals surface area contributed by atoms with Crippen LogP contribution in [0.15, 0.2) is 83.7 Å². The van der Waals surface area contributed by atoms with E-state index in [1.807, 2.05) is 48.5 Å². The van der Waals surface area contributed by atoms with Gasteiger partial charge in [-0.15, -0.1) is 0 Å². The van der Waals surface area contributed by atoms with Crippen molar-refractivity contribution in [2.75, 3.05) is 6.61 Å². The highest BCUT2D eigenvalue weighted by atomic mass is 16.5. The number of aromatic nitrogens is 2. The Hall–Kier alpha value is -3.77. The predicted octanol–water partition coefficient (Wildman–Crippen LogP) is 3.71. The van der Waals surface area contributed by atoms with E-state index < -0.39 is 6.10 Å². The zero-order valence-corrected chi connectivity index (χ0v) is 17.1. The third kappa shape index (κ3) is 4.54. The maximum atomic E-state index is 13.0. The molecule has 1 heterocycles. The van der Waals surface area contributed by atoms with E-state index >= 15 is 0 Å². The van der Waals surface area contributed by atoms with E-state index in [1.54, 1.807) is 30.3 Å². The van der Waals surface area contributed by atoms with E-state index in [9.17, 15) is 14.7 Å². The number of ether oxygens (including phenoxy) is 1. The van der Waals surface area contributed by atoms with Crippen molar-refractivity contribution in [2.45, 2.75) is 19.6 Å². The second-order valence-electron chi connectivity index (χ2n) is 7.30. The number of rotatable bonds is 7. The van der Waals surface area contributed by atoms with Gasteiger partial charge in [0.05, 0.1) is 17.6 Å². The standard InChI is InChI=1S/C25H22N2O4/c1-17(28)19-10-7-11-21(14-19)31-16-20(29)15-27-25(30)23-13-6-5-12-22(23)24(26-27)18-8-3-2-4-9-18/h2-14,20,29H,15-16H2,1H3. The van der Waals surface area contributed by atoms with E-state index in [0.29, 0.717) is 22.4 Å². The van der Waals surface area contributed by atoms with Gasteiger partial charge in [0, 0.05) is 16.5 Å². The maximum Gasteiger partial charge on any atom is 0.274 e. The molecular formula is C25H22N2O4. The van der Waals surface area contributed by atoms with Crippen LogP contribution in [-0.2, 0) is 6.54 Å². The monoisotopic (exact) mass is 414 g/mol. The molecule has 0 aliphatic carbocycles. The molecule has 4 rings (SSSR count). The molecule has 4 aromatic rings. The maximum absolute atomic E-state index is 13.0. The summed E-state index contributed by atoms with van der Waals surface area (Å²) < 4.78 is 6.91. The fraction of sp³-hybridized carbons (Fsp3) is 0.160. The summed E-state index contributed by atoms with van der Waals surface area (Å²) in [6, 6.07) is 23.7. The number of carbonyl (C=O) groups is 1. The van der Waals surface area contributed by atoms with Crippen LogP contribution < -0.4 is 10.3 Å². The van der Waals surface area contributed by atoms with E-state index in [4.69, 9.17) is 4.74 Å². The molecule has 0 aliphatic heterocycles. The lowest BCUT2D eigenvalue weighted by molar-refractivity contribution is 0.0881. The van der Waals surface area contributed by atoms with Crippen molar-refractivity contribution >= 4 is 16.6 Å². The number of nitrogens with zero attached hydrogens (tertiary/aromatic N) is 2. The second-order valence-corrected chi connectivity index (χ2v) is 7.30. The lowest BCUT2D eigenvalue weighted by atomic mass is 10.1. The highest BCUT2D eigenvalue weighted by Gasteiger charge is 2.15. The van der Waals surface area contributed by atoms with Crippen molar-refractivity contribution in [1.29, 1.82) is 0 Å². The molecule has 0 aliphatic rings. The number of carbonyl (C=O) groups excluding carboxylic acids is 1. The van der Waals surface area contributed by atoms with Gasteiger partial charge in [0.15, 0.2) is 5.78 Å². The minimum atomic E-state index is -0.962. The Morgan fingerprint density at radius 2 is 1.71 bits per heavy atom. The Bertz CT molecular complexity index is 1280. The van der Waals surface area contributed by atoms with Crippen LogP contribution in [0.2, 0.25) is 0 Å². The summed E-state index contributed by atoms with van der Waals surface area (Å²) >= 11 is 0. The molecule has 1 unspecified atom stereocenters. The van der Waals surface area contributed by atoms with Gasteiger partial charge in [0.25, 0.3) is 5.56 Å². The van der Waals surface area contributed by atoms with Crippen molar-refractivity contribution in [3.05, 3.63) is 94.8 Å². The SMILES string of the molecule is CC(=O)c1cccc(OCC(O)Cn2nc(-c3ccccc3)c3ccccc3c2=O)c1. The summed E-state index contributed by atoms with van der Waals surface area (Å²) in [6.45, 7) is 1.43. The molecule has 1 N–H and O–H groups in total. The number of fused-ring (bicyclic) bond motifs is 1. The van der Waals surface area contributed by atoms with Gasteiger partial charge in [-0.2, -0.15) is 5.10 Å². The smallest absolute Gasteiger partial charge is 0.274 e. The van der Waals surface area contributed by atoms with Gasteiger partial charge in [-0.25, -0.2) is 4.68 Å². The lowest BCUT2D eigenvalue weighted by Crippen LogP contribution is -2.32. The highest BCUT2D eigenvalue weighted by molar-refractivity contribution is 5.94. The molecule has 156 valence electrons. The van der Waals surface area contributed by atoms with Crippen LogP contribution in [0.1, 0.15) is 17.3 Å². The molecule has 0 saturated carbocycles. The second kappa shape index (κ2) is 8.93. The molecule has 6 heteroatoms. The quantitative estimate of drug-likeness (QED) is 0.466. The lowest BCUT2D eigenvalue weighted by Gasteiger charge is -2.15. The Morgan fingerprint density at radius 3 is 2.45 bits per heavy atom. The summed E-state index contributed by atoms with van der Waals surface area (Å²) in [5, 5.41) is 16.4. The fourth-order valence-electron chi connectivity index (χ4n) is 3.42. The van der Waals surface area contributed by atoms with Crippen molar-refractivity contribution in [3.8, 4) is 17.0 Å². The minimum absolute atomic E-state index is 0.0180. The van der Waals surface area contributed by atoms with Gasteiger partial charge in [0.2, 0.25) is 0 Å². The van der Waals surface area contributed by atoms with E-state index in [0.717, 1.165) is 10.9 Å². The summed E-state index contributed by atoms with van der Waals surface area (Å²) in [7, 11) is 0. The van der Waals surface area contributed by atoms with E-state index in [1.165, 1.54) is 11.6 Å². The Morgan fingerprint density at radius 1 is 1.00 bits per heavy atom. The Balaban J connectivity index is 1.59.